The zero-order valence-corrected chi connectivity index (χ0v) is 21.4. The minimum atomic E-state index is 0. The molecule has 0 fully saturated rings. The molecule has 0 atom stereocenters. The van der Waals surface area contributed by atoms with Crippen LogP contribution in [-0.4, -0.2) is 53.6 Å². The number of nitrogens with zero attached hydrogens (tertiary/aromatic N) is 1. The van der Waals surface area contributed by atoms with Crippen LogP contribution in [0.2, 0.25) is 0 Å². The van der Waals surface area contributed by atoms with Gasteiger partial charge in [-0.1, -0.05) is 0 Å². The Hall–Kier alpha value is -2.56. The first kappa shape index (κ1) is 25.7. The molecule has 0 aliphatic carbocycles. The van der Waals surface area contributed by atoms with Gasteiger partial charge in [-0.05, 0) is 25.5 Å². The molecule has 0 radical (unpaired) electrons. The van der Waals surface area contributed by atoms with E-state index >= 15 is 0 Å². The van der Waals surface area contributed by atoms with Gasteiger partial charge >= 0.3 is 0 Å². The number of anilines is 1. The Morgan fingerprint density at radius 1 is 0.969 bits per heavy atom. The summed E-state index contributed by atoms with van der Waals surface area (Å²) in [6.45, 7) is 4.63. The van der Waals surface area contributed by atoms with Gasteiger partial charge in [-0.3, -0.25) is 4.99 Å². The van der Waals surface area contributed by atoms with E-state index in [1.807, 2.05) is 37.3 Å². The number of aliphatic imine (C=N–C) groups is 1. The van der Waals surface area contributed by atoms with Gasteiger partial charge in [0.2, 0.25) is 0 Å². The van der Waals surface area contributed by atoms with Crippen LogP contribution in [-0.2, 0) is 6.42 Å². The van der Waals surface area contributed by atoms with Gasteiger partial charge in [0.05, 0.1) is 34.5 Å². The van der Waals surface area contributed by atoms with Crippen molar-refractivity contribution in [1.29, 1.82) is 0 Å². The summed E-state index contributed by atoms with van der Waals surface area (Å²) in [4.78, 5) is 4.71. The first-order chi connectivity index (χ1) is 15.2. The van der Waals surface area contributed by atoms with Crippen molar-refractivity contribution in [3.8, 4) is 28.7 Å². The zero-order chi connectivity index (χ0) is 22.1. The summed E-state index contributed by atoms with van der Waals surface area (Å²) in [5.74, 6) is 4.31. The number of halogens is 1. The van der Waals surface area contributed by atoms with Crippen molar-refractivity contribution in [3.63, 3.8) is 0 Å². The number of hydrogen-bond acceptors (Lipinski definition) is 6. The van der Waals surface area contributed by atoms with Crippen molar-refractivity contribution >= 4 is 35.6 Å². The van der Waals surface area contributed by atoms with E-state index in [1.54, 1.807) is 21.3 Å². The molecule has 32 heavy (non-hydrogen) atoms. The largest absolute Gasteiger partial charge is 0.496 e. The summed E-state index contributed by atoms with van der Waals surface area (Å²) in [7, 11) is 4.89. The Kier molecular flexibility index (Phi) is 10.5. The van der Waals surface area contributed by atoms with Gasteiger partial charge in [-0.15, -0.1) is 24.0 Å². The minimum Gasteiger partial charge on any atom is -0.496 e. The molecule has 176 valence electrons. The Labute approximate surface area is 206 Å². The predicted octanol–water partition coefficient (Wildman–Crippen LogP) is 4.11. The summed E-state index contributed by atoms with van der Waals surface area (Å²) in [6.07, 6.45) is 1.52. The molecule has 3 rings (SSSR count). The number of fused-ring (bicyclic) bond motifs is 1. The van der Waals surface area contributed by atoms with Crippen LogP contribution < -0.4 is 34.3 Å². The van der Waals surface area contributed by atoms with Crippen LogP contribution in [0.1, 0.15) is 18.9 Å². The van der Waals surface area contributed by atoms with E-state index < -0.39 is 0 Å². The number of benzene rings is 2. The minimum absolute atomic E-state index is 0. The van der Waals surface area contributed by atoms with Crippen molar-refractivity contribution in [3.05, 3.63) is 35.9 Å². The van der Waals surface area contributed by atoms with Crippen molar-refractivity contribution in [2.75, 3.05) is 52.9 Å². The molecule has 1 aliphatic rings. The maximum absolute atomic E-state index is 5.78. The van der Waals surface area contributed by atoms with Crippen LogP contribution in [0.15, 0.2) is 35.3 Å². The van der Waals surface area contributed by atoms with E-state index in [0.29, 0.717) is 49.4 Å². The smallest absolute Gasteiger partial charge is 0.195 e. The second-order valence-electron chi connectivity index (χ2n) is 6.86. The van der Waals surface area contributed by atoms with Gasteiger partial charge in [-0.2, -0.15) is 0 Å². The fourth-order valence-electron chi connectivity index (χ4n) is 3.29. The molecule has 1 aliphatic heterocycles. The topological polar surface area (TPSA) is 82.6 Å². The molecule has 2 aromatic rings. The standard InChI is InChI=1S/C23H31N3O5.HI/c1-5-24-23(26-16-7-8-19-22(13-16)31-12-6-11-30-19)25-10-9-18-20(28-3)14-17(27-2)15-21(18)29-4;/h7-8,13-15H,5-6,9-12H2,1-4H3,(H2,24,25,26);1H. The molecule has 9 heteroatoms. The number of nitrogens with one attached hydrogen (secondary N) is 2. The fourth-order valence-corrected chi connectivity index (χ4v) is 3.29. The van der Waals surface area contributed by atoms with Gasteiger partial charge < -0.3 is 34.3 Å². The summed E-state index contributed by atoms with van der Waals surface area (Å²) in [5, 5.41) is 6.60. The number of ether oxygens (including phenoxy) is 5. The van der Waals surface area contributed by atoms with Crippen LogP contribution >= 0.6 is 24.0 Å². The molecule has 2 aromatic carbocycles. The third kappa shape index (κ3) is 6.72. The monoisotopic (exact) mass is 557 g/mol. The summed E-state index contributed by atoms with van der Waals surface area (Å²) in [5.41, 5.74) is 1.82. The maximum atomic E-state index is 5.78. The van der Waals surface area contributed by atoms with Gasteiger partial charge in [0, 0.05) is 49.0 Å². The Morgan fingerprint density at radius 2 is 1.66 bits per heavy atom. The highest BCUT2D eigenvalue weighted by atomic mass is 127. The summed E-state index contributed by atoms with van der Waals surface area (Å²) in [6, 6.07) is 9.50. The lowest BCUT2D eigenvalue weighted by Gasteiger charge is -2.15. The van der Waals surface area contributed by atoms with Crippen LogP contribution in [0, 0.1) is 0 Å². The third-order valence-electron chi connectivity index (χ3n) is 4.80. The highest BCUT2D eigenvalue weighted by molar-refractivity contribution is 14.0. The molecule has 0 amide bonds. The lowest BCUT2D eigenvalue weighted by molar-refractivity contribution is 0.297. The molecule has 0 saturated heterocycles. The van der Waals surface area contributed by atoms with Crippen molar-refractivity contribution in [2.45, 2.75) is 19.8 Å². The quantitative estimate of drug-likeness (QED) is 0.287. The second kappa shape index (κ2) is 13.1. The van der Waals surface area contributed by atoms with Crippen LogP contribution in [0.5, 0.6) is 28.7 Å². The van der Waals surface area contributed by atoms with E-state index in [9.17, 15) is 0 Å². The van der Waals surface area contributed by atoms with E-state index in [2.05, 4.69) is 10.6 Å². The summed E-state index contributed by atoms with van der Waals surface area (Å²) >= 11 is 0. The third-order valence-corrected chi connectivity index (χ3v) is 4.80. The molecule has 0 unspecified atom stereocenters. The molecule has 0 aromatic heterocycles. The van der Waals surface area contributed by atoms with Gasteiger partial charge in [0.25, 0.3) is 0 Å². The van der Waals surface area contributed by atoms with Crippen molar-refractivity contribution in [1.82, 2.24) is 5.32 Å². The molecular formula is C23H32IN3O5. The Morgan fingerprint density at radius 3 is 2.28 bits per heavy atom. The zero-order valence-electron chi connectivity index (χ0n) is 19.0. The fraction of sp³-hybridized carbons (Fsp3) is 0.435. The van der Waals surface area contributed by atoms with E-state index in [1.165, 1.54) is 0 Å². The molecule has 0 spiro atoms. The second-order valence-corrected chi connectivity index (χ2v) is 6.86. The first-order valence-electron chi connectivity index (χ1n) is 10.4. The number of methoxy groups -OCH3 is 3. The average molecular weight is 557 g/mol. The van der Waals surface area contributed by atoms with Gasteiger partial charge in [0.1, 0.15) is 17.2 Å². The molecule has 0 bridgehead atoms. The van der Waals surface area contributed by atoms with Crippen molar-refractivity contribution in [2.24, 2.45) is 4.99 Å². The average Bonchev–Trinajstić information content (AvgIpc) is 3.04. The number of hydrogen-bond donors (Lipinski definition) is 2. The van der Waals surface area contributed by atoms with E-state index in [0.717, 1.165) is 35.7 Å². The first-order valence-corrected chi connectivity index (χ1v) is 10.4. The summed E-state index contributed by atoms with van der Waals surface area (Å²) < 4.78 is 27.8. The Balaban J connectivity index is 0.00000363. The SMILES string of the molecule is CCNC(=NCCc1c(OC)cc(OC)cc1OC)Nc1ccc2c(c1)OCCCO2.I. The van der Waals surface area contributed by atoms with Crippen LogP contribution in [0.25, 0.3) is 0 Å². The molecule has 8 nitrogen and oxygen atoms in total. The number of rotatable bonds is 8. The van der Waals surface area contributed by atoms with Gasteiger partial charge in [-0.25, -0.2) is 0 Å². The molecule has 2 N–H and O–H groups in total. The lowest BCUT2D eigenvalue weighted by Crippen LogP contribution is -2.31. The number of guanidine groups is 1. The normalized spacial score (nSPS) is 12.8. The Bertz CT molecular complexity index is 882. The molecule has 1 heterocycles. The predicted molar refractivity (Wildman–Crippen MR) is 137 cm³/mol. The highest BCUT2D eigenvalue weighted by Gasteiger charge is 2.14. The van der Waals surface area contributed by atoms with Crippen LogP contribution in [0.4, 0.5) is 5.69 Å². The van der Waals surface area contributed by atoms with E-state index in [-0.39, 0.29) is 24.0 Å². The lowest BCUT2D eigenvalue weighted by atomic mass is 10.1. The molecule has 0 saturated carbocycles. The van der Waals surface area contributed by atoms with Gasteiger partial charge in [0.15, 0.2) is 17.5 Å². The molecular weight excluding hydrogens is 525 g/mol. The highest BCUT2D eigenvalue weighted by Crippen LogP contribution is 2.34. The van der Waals surface area contributed by atoms with Crippen molar-refractivity contribution < 1.29 is 23.7 Å². The van der Waals surface area contributed by atoms with Crippen LogP contribution in [0.3, 0.4) is 0 Å². The maximum Gasteiger partial charge on any atom is 0.195 e. The van der Waals surface area contributed by atoms with E-state index in [4.69, 9.17) is 28.7 Å².